The first-order valence-electron chi connectivity index (χ1n) is 24.6. The summed E-state index contributed by atoms with van der Waals surface area (Å²) in [5.74, 6) is -11.0. The van der Waals surface area contributed by atoms with E-state index < -0.39 is 47.8 Å². The molecule has 0 unspecified atom stereocenters. The predicted octanol–water partition coefficient (Wildman–Crippen LogP) is -0.597. The molecular weight excluding hydrogens is 1100 g/mol. The molecule has 24 nitrogen and oxygen atoms in total. The molecule has 2 aliphatic rings. The summed E-state index contributed by atoms with van der Waals surface area (Å²) in [5, 5.41) is 56.2. The van der Waals surface area contributed by atoms with Crippen molar-refractivity contribution in [1.29, 1.82) is 10.8 Å². The number of nitrogens with one attached hydrogen (secondary N) is 4. The van der Waals surface area contributed by atoms with E-state index in [0.717, 1.165) is 63.2 Å². The zero-order valence-electron chi connectivity index (χ0n) is 44.1. The molecule has 2 aromatic heterocycles. The number of carboxylic acid groups (broad SMARTS) is 4. The number of hydrogen-bond donors (Lipinski definition) is 8. The summed E-state index contributed by atoms with van der Waals surface area (Å²) in [4.78, 5) is 92.3. The summed E-state index contributed by atoms with van der Waals surface area (Å²) in [5.41, 5.74) is 14.9. The number of aryl methyl sites for hydroxylation is 2. The quantitative estimate of drug-likeness (QED) is 0.0137. The van der Waals surface area contributed by atoms with Crippen LogP contribution < -0.4 is 60.7 Å². The molecule has 0 bridgehead atoms. The first-order valence-corrected chi connectivity index (χ1v) is 24.6. The number of halogens is 6. The van der Waals surface area contributed by atoms with Crippen molar-refractivity contribution >= 4 is 70.3 Å². The number of aliphatic carboxylic acids is 4. The van der Waals surface area contributed by atoms with Crippen LogP contribution in [0.2, 0.25) is 0 Å². The van der Waals surface area contributed by atoms with E-state index >= 15 is 0 Å². The number of nitrogens with two attached hydrogens (primary N) is 2. The van der Waals surface area contributed by atoms with Crippen molar-refractivity contribution in [3.05, 3.63) is 108 Å². The lowest BCUT2D eigenvalue weighted by Gasteiger charge is -2.32. The second-order valence-electron chi connectivity index (χ2n) is 18.1. The molecule has 2 saturated heterocycles. The van der Waals surface area contributed by atoms with E-state index in [0.29, 0.717) is 22.3 Å². The SMILES string of the molecule is C[n+]1ccc(N2CCC(C(=O)NCCOc3cc(C(=N)N)ccc3CC(=O)C(=O)O)CC2)cc1.C[n+]1ccc(N2CCC(C(=O)NCCOc3cc(C(=N)N)ccc3CC(=O)C(=O)O)CC2)cc1.O=C([O-])C(F)(F)F.O=C([O-])C(F)(F)F. The van der Waals surface area contributed by atoms with E-state index in [1.807, 2.05) is 48.0 Å². The van der Waals surface area contributed by atoms with E-state index in [1.54, 1.807) is 0 Å². The largest absolute Gasteiger partial charge is 0.542 e. The highest BCUT2D eigenvalue weighted by molar-refractivity contribution is 6.33. The van der Waals surface area contributed by atoms with Crippen molar-refractivity contribution in [2.45, 2.75) is 50.9 Å². The molecular formula is C52H60F6N10O14. The van der Waals surface area contributed by atoms with Crippen molar-refractivity contribution in [2.24, 2.45) is 37.4 Å². The number of benzene rings is 2. The maximum Gasteiger partial charge on any atom is 0.430 e. The molecule has 6 rings (SSSR count). The van der Waals surface area contributed by atoms with Gasteiger partial charge in [-0.05, 0) is 37.8 Å². The van der Waals surface area contributed by atoms with E-state index in [-0.39, 0.29) is 86.0 Å². The highest BCUT2D eigenvalue weighted by atomic mass is 19.4. The minimum atomic E-state index is -5.19. The van der Waals surface area contributed by atoms with Gasteiger partial charge >= 0.3 is 24.3 Å². The van der Waals surface area contributed by atoms with Crippen LogP contribution in [0.1, 0.15) is 47.9 Å². The minimum Gasteiger partial charge on any atom is -0.542 e. The fraction of sp³-hybridized carbons (Fsp3) is 0.385. The molecule has 82 heavy (non-hydrogen) atoms. The number of carbonyl (C=O) groups is 8. The van der Waals surface area contributed by atoms with Gasteiger partial charge in [-0.3, -0.25) is 30.0 Å². The number of pyridine rings is 2. The molecule has 0 aliphatic carbocycles. The number of ether oxygens (including phenoxy) is 2. The molecule has 4 aromatic rings. The Morgan fingerprint density at radius 2 is 0.878 bits per heavy atom. The van der Waals surface area contributed by atoms with Crippen molar-refractivity contribution in [3.8, 4) is 11.5 Å². The summed E-state index contributed by atoms with van der Waals surface area (Å²) in [6.07, 6.45) is -0.0168. The third-order valence-corrected chi connectivity index (χ3v) is 12.1. The van der Waals surface area contributed by atoms with E-state index in [2.05, 4.69) is 44.7 Å². The monoisotopic (exact) mass is 1160 g/mol. The van der Waals surface area contributed by atoms with Crippen LogP contribution in [0.5, 0.6) is 11.5 Å². The standard InChI is InChI=1S/2C24H29N5O5.2C2HF3O2/c2*1-28-9-6-19(7-10-28)29-11-4-16(5-12-29)23(31)27-8-13-34-21-15-18(22(25)26)3-2-17(21)14-20(30)24(32)33;2*3-2(4,5)1(6)7/h2*2-3,6-7,9-10,15-16H,4-5,8,11-14H2,1H3,(H4-,25,26,27,31,32,33);2*(H,6,7). The number of aromatic nitrogens is 2. The topological polar surface area (TPSA) is 380 Å². The third kappa shape index (κ3) is 22.8. The number of alkyl halides is 6. The van der Waals surface area contributed by atoms with Gasteiger partial charge in [0.2, 0.25) is 23.4 Å². The Balaban J connectivity index is 0.000000349. The number of amides is 2. The predicted molar refractivity (Wildman–Crippen MR) is 272 cm³/mol. The number of rotatable bonds is 20. The Hall–Kier alpha value is -9.38. The maximum absolute atomic E-state index is 12.6. The first-order chi connectivity index (χ1) is 38.4. The Morgan fingerprint density at radius 3 is 1.13 bits per heavy atom. The van der Waals surface area contributed by atoms with Crippen LogP contribution >= 0.6 is 0 Å². The Bertz CT molecular complexity index is 2720. The number of carbonyl (C=O) groups excluding carboxylic acids is 6. The number of amidine groups is 2. The second kappa shape index (κ2) is 31.4. The number of anilines is 2. The Kier molecular flexibility index (Phi) is 25.6. The van der Waals surface area contributed by atoms with Crippen LogP contribution in [0.4, 0.5) is 37.7 Å². The van der Waals surface area contributed by atoms with Gasteiger partial charge in [0, 0.05) is 109 Å². The molecule has 0 atom stereocenters. The number of nitrogen functional groups attached to an aromatic ring is 2. The Labute approximate surface area is 464 Å². The van der Waals surface area contributed by atoms with Gasteiger partial charge in [-0.25, -0.2) is 18.7 Å². The highest BCUT2D eigenvalue weighted by Gasteiger charge is 2.30. The molecule has 30 heteroatoms. The minimum absolute atomic E-state index is 0.0264. The van der Waals surface area contributed by atoms with Crippen LogP contribution in [-0.4, -0.2) is 134 Å². The van der Waals surface area contributed by atoms with Crippen LogP contribution in [0.3, 0.4) is 0 Å². The molecule has 2 amide bonds. The van der Waals surface area contributed by atoms with Crippen molar-refractivity contribution in [1.82, 2.24) is 10.6 Å². The highest BCUT2D eigenvalue weighted by Crippen LogP contribution is 2.26. The van der Waals surface area contributed by atoms with Gasteiger partial charge in [0.15, 0.2) is 24.8 Å². The van der Waals surface area contributed by atoms with E-state index in [9.17, 15) is 55.1 Å². The normalized spacial score (nSPS) is 13.4. The molecule has 0 radical (unpaired) electrons. The lowest BCUT2D eigenvalue weighted by Crippen LogP contribution is -2.41. The molecule has 0 saturated carbocycles. The molecule has 2 aliphatic heterocycles. The van der Waals surface area contributed by atoms with Gasteiger partial charge in [-0.1, -0.05) is 24.3 Å². The number of hydrogen-bond acceptors (Lipinski definition) is 16. The number of carboxylic acids is 4. The number of ketones is 2. The van der Waals surface area contributed by atoms with Gasteiger partial charge in [-0.2, -0.15) is 26.3 Å². The van der Waals surface area contributed by atoms with Gasteiger partial charge in [0.1, 0.15) is 62.4 Å². The second-order valence-corrected chi connectivity index (χ2v) is 18.1. The molecule has 2 aromatic carbocycles. The number of piperidine rings is 2. The lowest BCUT2D eigenvalue weighted by atomic mass is 9.95. The average molecular weight is 1160 g/mol. The summed E-state index contributed by atoms with van der Waals surface area (Å²) < 4.78 is 78.5. The van der Waals surface area contributed by atoms with Crippen molar-refractivity contribution < 1.29 is 104 Å². The van der Waals surface area contributed by atoms with E-state index in [4.69, 9.17) is 61.8 Å². The van der Waals surface area contributed by atoms with Gasteiger partial charge in [-0.15, -0.1) is 0 Å². The van der Waals surface area contributed by atoms with Crippen molar-refractivity contribution in [3.63, 3.8) is 0 Å². The summed E-state index contributed by atoms with van der Waals surface area (Å²) in [6.45, 7) is 3.99. The zero-order valence-corrected chi connectivity index (χ0v) is 44.1. The first kappa shape index (κ1) is 66.9. The van der Waals surface area contributed by atoms with E-state index in [1.165, 1.54) is 36.4 Å². The van der Waals surface area contributed by atoms with Gasteiger partial charge in [0.05, 0.1) is 13.1 Å². The number of Topliss-reactive ketones (excluding diaryl/α,β-unsaturated/α-hetero) is 2. The zero-order chi connectivity index (χ0) is 61.5. The van der Waals surface area contributed by atoms with Gasteiger partial charge < -0.3 is 71.4 Å². The van der Waals surface area contributed by atoms with Gasteiger partial charge in [0.25, 0.3) is 0 Å². The molecule has 444 valence electrons. The van der Waals surface area contributed by atoms with Crippen LogP contribution in [-0.2, 0) is 65.3 Å². The lowest BCUT2D eigenvalue weighted by molar-refractivity contribution is -0.671. The smallest absolute Gasteiger partial charge is 0.430 e. The fourth-order valence-electron chi connectivity index (χ4n) is 7.67. The third-order valence-electron chi connectivity index (χ3n) is 12.1. The van der Waals surface area contributed by atoms with Crippen LogP contribution in [0.15, 0.2) is 85.5 Å². The summed E-state index contributed by atoms with van der Waals surface area (Å²) in [6, 6.07) is 17.4. The Morgan fingerprint density at radius 1 is 0.585 bits per heavy atom. The average Bonchev–Trinajstić information content (AvgIpc) is 3.43. The van der Waals surface area contributed by atoms with Crippen LogP contribution in [0, 0.1) is 22.7 Å². The van der Waals surface area contributed by atoms with Crippen molar-refractivity contribution in [2.75, 3.05) is 62.3 Å². The number of nitrogens with zero attached hydrogens (tertiary/aromatic N) is 4. The van der Waals surface area contributed by atoms with Crippen LogP contribution in [0.25, 0.3) is 0 Å². The molecule has 2 fully saturated rings. The fourth-order valence-corrected chi connectivity index (χ4v) is 7.67. The summed E-state index contributed by atoms with van der Waals surface area (Å²) >= 11 is 0. The molecule has 0 spiro atoms. The molecule has 10 N–H and O–H groups in total. The summed E-state index contributed by atoms with van der Waals surface area (Å²) in [7, 11) is 3.95. The maximum atomic E-state index is 12.6. The molecule has 4 heterocycles.